The van der Waals surface area contributed by atoms with E-state index in [-0.39, 0.29) is 0 Å². The number of para-hydroxylation sites is 1. The summed E-state index contributed by atoms with van der Waals surface area (Å²) in [6.45, 7) is 0. The van der Waals surface area contributed by atoms with E-state index in [1.54, 1.807) is 0 Å². The molecule has 0 aliphatic carbocycles. The Bertz CT molecular complexity index is 674. The molecular weight excluding hydrogens is 317 g/mol. The van der Waals surface area contributed by atoms with Crippen LogP contribution in [0.25, 0.3) is 11.1 Å². The SMILES string of the molecule is Fc1cccc(-c2ccccc2OC(F)(F)F)c1C(F)(F)F. The summed E-state index contributed by atoms with van der Waals surface area (Å²) in [5.41, 5.74) is -2.88. The number of alkyl halides is 6. The summed E-state index contributed by atoms with van der Waals surface area (Å²) in [5, 5.41) is 0. The first kappa shape index (κ1) is 16.1. The zero-order valence-electron chi connectivity index (χ0n) is 10.6. The lowest BCUT2D eigenvalue weighted by Gasteiger charge is -2.17. The molecule has 0 atom stereocenters. The molecule has 0 saturated carbocycles. The molecule has 0 unspecified atom stereocenters. The fourth-order valence-corrected chi connectivity index (χ4v) is 1.94. The highest BCUT2D eigenvalue weighted by Gasteiger charge is 2.38. The maximum Gasteiger partial charge on any atom is 0.573 e. The van der Waals surface area contributed by atoms with Crippen LogP contribution in [0.4, 0.5) is 30.7 Å². The van der Waals surface area contributed by atoms with Gasteiger partial charge in [-0.05, 0) is 12.1 Å². The third-order valence-corrected chi connectivity index (χ3v) is 2.70. The van der Waals surface area contributed by atoms with Crippen LogP contribution < -0.4 is 4.74 Å². The molecular formula is C14H7F7O. The van der Waals surface area contributed by atoms with Gasteiger partial charge in [-0.3, -0.25) is 0 Å². The maximum absolute atomic E-state index is 13.5. The van der Waals surface area contributed by atoms with Gasteiger partial charge in [-0.2, -0.15) is 13.2 Å². The zero-order valence-corrected chi connectivity index (χ0v) is 10.6. The van der Waals surface area contributed by atoms with Crippen molar-refractivity contribution in [3.05, 3.63) is 53.8 Å². The van der Waals surface area contributed by atoms with Crippen LogP contribution in [-0.4, -0.2) is 6.36 Å². The van der Waals surface area contributed by atoms with Crippen molar-refractivity contribution in [3.63, 3.8) is 0 Å². The van der Waals surface area contributed by atoms with Crippen molar-refractivity contribution < 1.29 is 35.5 Å². The van der Waals surface area contributed by atoms with Crippen molar-refractivity contribution >= 4 is 0 Å². The van der Waals surface area contributed by atoms with Crippen molar-refractivity contribution in [2.24, 2.45) is 0 Å². The molecule has 2 aromatic rings. The largest absolute Gasteiger partial charge is 0.573 e. The molecule has 0 aliphatic heterocycles. The topological polar surface area (TPSA) is 9.23 Å². The van der Waals surface area contributed by atoms with E-state index in [0.29, 0.717) is 6.07 Å². The van der Waals surface area contributed by atoms with E-state index in [0.717, 1.165) is 30.3 Å². The molecule has 0 radical (unpaired) electrons. The van der Waals surface area contributed by atoms with Crippen LogP contribution in [0.3, 0.4) is 0 Å². The van der Waals surface area contributed by atoms with Crippen molar-refractivity contribution in [1.29, 1.82) is 0 Å². The second kappa shape index (κ2) is 5.51. The van der Waals surface area contributed by atoms with Gasteiger partial charge < -0.3 is 4.74 Å². The van der Waals surface area contributed by atoms with Crippen LogP contribution >= 0.6 is 0 Å². The van der Waals surface area contributed by atoms with E-state index < -0.39 is 40.8 Å². The Morgan fingerprint density at radius 3 is 1.91 bits per heavy atom. The van der Waals surface area contributed by atoms with Crippen LogP contribution in [0.2, 0.25) is 0 Å². The van der Waals surface area contributed by atoms with Crippen LogP contribution in [0.15, 0.2) is 42.5 Å². The van der Waals surface area contributed by atoms with Crippen LogP contribution in [0, 0.1) is 5.82 Å². The van der Waals surface area contributed by atoms with E-state index in [4.69, 9.17) is 0 Å². The summed E-state index contributed by atoms with van der Waals surface area (Å²) in [4.78, 5) is 0. The Kier molecular flexibility index (Phi) is 4.04. The molecule has 118 valence electrons. The Morgan fingerprint density at radius 2 is 1.32 bits per heavy atom. The van der Waals surface area contributed by atoms with Crippen molar-refractivity contribution in [1.82, 2.24) is 0 Å². The standard InChI is InChI=1S/C14H7F7O/c15-10-6-3-5-9(12(10)13(16,17)18)8-4-1-2-7-11(8)22-14(19,20)21/h1-7H. The minimum absolute atomic E-state index is 0.508. The predicted octanol–water partition coefficient (Wildman–Crippen LogP) is 5.41. The van der Waals surface area contributed by atoms with E-state index in [9.17, 15) is 30.7 Å². The van der Waals surface area contributed by atoms with Gasteiger partial charge in [0.15, 0.2) is 0 Å². The van der Waals surface area contributed by atoms with Crippen LogP contribution in [-0.2, 0) is 6.18 Å². The van der Waals surface area contributed by atoms with Gasteiger partial charge in [-0.15, -0.1) is 13.2 Å². The second-order valence-corrected chi connectivity index (χ2v) is 4.20. The highest BCUT2D eigenvalue weighted by Crippen LogP contribution is 2.42. The Hall–Kier alpha value is -2.25. The van der Waals surface area contributed by atoms with Gasteiger partial charge >= 0.3 is 12.5 Å². The highest BCUT2D eigenvalue weighted by molar-refractivity contribution is 5.74. The molecule has 0 N–H and O–H groups in total. The molecule has 0 fully saturated rings. The predicted molar refractivity (Wildman–Crippen MR) is 63.5 cm³/mol. The van der Waals surface area contributed by atoms with Crippen molar-refractivity contribution in [2.75, 3.05) is 0 Å². The summed E-state index contributed by atoms with van der Waals surface area (Å²) >= 11 is 0. The number of hydrogen-bond acceptors (Lipinski definition) is 1. The maximum atomic E-state index is 13.5. The molecule has 0 heterocycles. The van der Waals surface area contributed by atoms with Gasteiger partial charge in [-0.1, -0.05) is 30.3 Å². The van der Waals surface area contributed by atoms with Crippen LogP contribution in [0.1, 0.15) is 5.56 Å². The van der Waals surface area contributed by atoms with E-state index in [1.165, 1.54) is 6.07 Å². The Balaban J connectivity index is 2.66. The van der Waals surface area contributed by atoms with E-state index in [1.807, 2.05) is 0 Å². The van der Waals surface area contributed by atoms with Gasteiger partial charge in [0.2, 0.25) is 0 Å². The Morgan fingerprint density at radius 1 is 0.727 bits per heavy atom. The van der Waals surface area contributed by atoms with Gasteiger partial charge in [0.05, 0.1) is 5.56 Å². The molecule has 0 bridgehead atoms. The van der Waals surface area contributed by atoms with E-state index in [2.05, 4.69) is 4.74 Å². The lowest BCUT2D eigenvalue weighted by molar-refractivity contribution is -0.274. The summed E-state index contributed by atoms with van der Waals surface area (Å²) in [5.74, 6) is -2.42. The molecule has 1 nitrogen and oxygen atoms in total. The first-order valence-corrected chi connectivity index (χ1v) is 5.80. The molecule has 2 rings (SSSR count). The molecule has 0 amide bonds. The number of rotatable bonds is 2. The minimum Gasteiger partial charge on any atom is -0.405 e. The minimum atomic E-state index is -5.08. The molecule has 2 aromatic carbocycles. The summed E-state index contributed by atoms with van der Waals surface area (Å²) < 4.78 is 93.1. The number of halogens is 7. The second-order valence-electron chi connectivity index (χ2n) is 4.20. The van der Waals surface area contributed by atoms with Crippen molar-refractivity contribution in [2.45, 2.75) is 12.5 Å². The van der Waals surface area contributed by atoms with Gasteiger partial charge in [0, 0.05) is 11.1 Å². The molecule has 8 heteroatoms. The third-order valence-electron chi connectivity index (χ3n) is 2.70. The summed E-state index contributed by atoms with van der Waals surface area (Å²) in [7, 11) is 0. The summed E-state index contributed by atoms with van der Waals surface area (Å²) in [6, 6.07) is 6.67. The third kappa shape index (κ3) is 3.49. The molecule has 0 spiro atoms. The molecule has 0 saturated heterocycles. The normalized spacial score (nSPS) is 12.3. The Labute approximate surface area is 119 Å². The van der Waals surface area contributed by atoms with Gasteiger partial charge in [0.25, 0.3) is 0 Å². The lowest BCUT2D eigenvalue weighted by Crippen LogP contribution is -2.18. The van der Waals surface area contributed by atoms with Gasteiger partial charge in [-0.25, -0.2) is 4.39 Å². The quantitative estimate of drug-likeness (QED) is 0.671. The first-order valence-electron chi connectivity index (χ1n) is 5.80. The lowest BCUT2D eigenvalue weighted by atomic mass is 9.98. The molecule has 0 aromatic heterocycles. The molecule has 0 aliphatic rings. The zero-order chi connectivity index (χ0) is 16.5. The smallest absolute Gasteiger partial charge is 0.405 e. The van der Waals surface area contributed by atoms with E-state index >= 15 is 0 Å². The first-order chi connectivity index (χ1) is 10.1. The monoisotopic (exact) mass is 324 g/mol. The summed E-state index contributed by atoms with van der Waals surface area (Å²) in [6.07, 6.45) is -10.1. The number of hydrogen-bond donors (Lipinski definition) is 0. The highest BCUT2D eigenvalue weighted by atomic mass is 19.4. The fourth-order valence-electron chi connectivity index (χ4n) is 1.94. The average Bonchev–Trinajstić information content (AvgIpc) is 2.35. The van der Waals surface area contributed by atoms with Crippen LogP contribution in [0.5, 0.6) is 5.75 Å². The number of ether oxygens (including phenoxy) is 1. The van der Waals surface area contributed by atoms with Crippen molar-refractivity contribution in [3.8, 4) is 16.9 Å². The van der Waals surface area contributed by atoms with Gasteiger partial charge in [0.1, 0.15) is 11.6 Å². The molecule has 22 heavy (non-hydrogen) atoms. The fraction of sp³-hybridized carbons (Fsp3) is 0.143. The average molecular weight is 324 g/mol. The number of benzene rings is 2.